The van der Waals surface area contributed by atoms with Gasteiger partial charge in [0.25, 0.3) is 0 Å². The van der Waals surface area contributed by atoms with Crippen molar-refractivity contribution in [2.75, 3.05) is 33.0 Å². The van der Waals surface area contributed by atoms with E-state index in [1.54, 1.807) is 0 Å². The molecule has 1 aromatic heterocycles. The van der Waals surface area contributed by atoms with Crippen LogP contribution in [0.5, 0.6) is 5.75 Å². The van der Waals surface area contributed by atoms with Crippen LogP contribution >= 0.6 is 11.8 Å². The number of ether oxygens (including phenoxy) is 1. The molecule has 0 unspecified atom stereocenters. The lowest BCUT2D eigenvalue weighted by Gasteiger charge is -2.13. The minimum atomic E-state index is -1.82. The second kappa shape index (κ2) is 12.7. The summed E-state index contributed by atoms with van der Waals surface area (Å²) in [6.45, 7) is 3.88. The second-order valence-corrected chi connectivity index (χ2v) is 8.26. The summed E-state index contributed by atoms with van der Waals surface area (Å²) < 4.78 is 5.78. The third-order valence-corrected chi connectivity index (χ3v) is 5.24. The van der Waals surface area contributed by atoms with Gasteiger partial charge in [-0.05, 0) is 44.3 Å². The Bertz CT molecular complexity index is 1030. The molecule has 2 N–H and O–H groups in total. The highest BCUT2D eigenvalue weighted by atomic mass is 32.2. The summed E-state index contributed by atoms with van der Waals surface area (Å²) in [5.41, 5.74) is 3.40. The summed E-state index contributed by atoms with van der Waals surface area (Å²) in [6, 6.07) is 18.9. The van der Waals surface area contributed by atoms with Crippen LogP contribution in [0.4, 0.5) is 0 Å². The number of hydrogen-bond acceptors (Lipinski definition) is 6. The maximum atomic E-state index is 9.10. The van der Waals surface area contributed by atoms with Gasteiger partial charge in [-0.25, -0.2) is 14.6 Å². The SMILES string of the molecule is CCCOc1ccc2cc(-c3ccccc3)c(SCCN(C)C)nc2c1.O=C(O)C(=O)O. The average molecular weight is 457 g/mol. The molecule has 3 rings (SSSR count). The van der Waals surface area contributed by atoms with Gasteiger partial charge in [-0.3, -0.25) is 0 Å². The number of benzene rings is 2. The van der Waals surface area contributed by atoms with E-state index in [9.17, 15) is 0 Å². The van der Waals surface area contributed by atoms with Crippen LogP contribution in [-0.2, 0) is 9.59 Å². The van der Waals surface area contributed by atoms with Crippen molar-refractivity contribution in [2.24, 2.45) is 0 Å². The summed E-state index contributed by atoms with van der Waals surface area (Å²) >= 11 is 1.82. The standard InChI is InChI=1S/C22H26N2OS.C2H2O4/c1-4-13-25-19-11-10-18-15-20(17-8-6-5-7-9-17)22(23-21(18)16-19)26-14-12-24(2)3;3-1(4)2(5)6/h5-11,15-16H,4,12-14H2,1-3H3;(H,3,4)(H,5,6). The van der Waals surface area contributed by atoms with E-state index in [0.29, 0.717) is 0 Å². The van der Waals surface area contributed by atoms with Crippen LogP contribution in [0.15, 0.2) is 59.6 Å². The van der Waals surface area contributed by atoms with Gasteiger partial charge in [-0.2, -0.15) is 0 Å². The fourth-order valence-electron chi connectivity index (χ4n) is 2.70. The minimum Gasteiger partial charge on any atom is -0.494 e. The molecular formula is C24H28N2O5S. The zero-order valence-electron chi connectivity index (χ0n) is 18.4. The number of aliphatic carboxylic acids is 2. The van der Waals surface area contributed by atoms with Crippen LogP contribution in [0, 0.1) is 0 Å². The number of rotatable bonds is 8. The fraction of sp³-hybridized carbons (Fsp3) is 0.292. The quantitative estimate of drug-likeness (QED) is 0.378. The van der Waals surface area contributed by atoms with Crippen LogP contribution in [0.25, 0.3) is 22.0 Å². The summed E-state index contributed by atoms with van der Waals surface area (Å²) in [5, 5.41) is 17.0. The van der Waals surface area contributed by atoms with Crippen molar-refractivity contribution in [3.05, 3.63) is 54.6 Å². The highest BCUT2D eigenvalue weighted by Gasteiger charge is 2.11. The first-order chi connectivity index (χ1) is 15.3. The van der Waals surface area contributed by atoms with Crippen molar-refractivity contribution in [3.8, 4) is 16.9 Å². The number of nitrogens with zero attached hydrogens (tertiary/aromatic N) is 2. The minimum absolute atomic E-state index is 0.734. The van der Waals surface area contributed by atoms with E-state index in [4.69, 9.17) is 29.5 Å². The number of aromatic nitrogens is 1. The Balaban J connectivity index is 0.000000534. The van der Waals surface area contributed by atoms with E-state index in [2.05, 4.69) is 68.4 Å². The summed E-state index contributed by atoms with van der Waals surface area (Å²) in [5.74, 6) is -1.74. The predicted octanol–water partition coefficient (Wildman–Crippen LogP) is 4.50. The van der Waals surface area contributed by atoms with Gasteiger partial charge in [0.15, 0.2) is 0 Å². The van der Waals surface area contributed by atoms with E-state index in [-0.39, 0.29) is 0 Å². The molecule has 3 aromatic rings. The van der Waals surface area contributed by atoms with Gasteiger partial charge in [0, 0.05) is 29.3 Å². The smallest absolute Gasteiger partial charge is 0.414 e. The monoisotopic (exact) mass is 456 g/mol. The van der Waals surface area contributed by atoms with Crippen LogP contribution in [-0.4, -0.2) is 65.0 Å². The Kier molecular flexibility index (Phi) is 9.97. The molecule has 170 valence electrons. The molecule has 2 aromatic carbocycles. The van der Waals surface area contributed by atoms with E-state index < -0.39 is 11.9 Å². The van der Waals surface area contributed by atoms with Crippen LogP contribution in [0.1, 0.15) is 13.3 Å². The van der Waals surface area contributed by atoms with E-state index in [0.717, 1.165) is 47.0 Å². The Morgan fingerprint density at radius 1 is 1.03 bits per heavy atom. The molecule has 0 spiro atoms. The number of carboxylic acid groups (broad SMARTS) is 2. The summed E-state index contributed by atoms with van der Waals surface area (Å²) in [4.78, 5) is 25.4. The molecule has 8 heteroatoms. The lowest BCUT2D eigenvalue weighted by Crippen LogP contribution is -2.14. The zero-order chi connectivity index (χ0) is 23.5. The van der Waals surface area contributed by atoms with Crippen molar-refractivity contribution in [2.45, 2.75) is 18.4 Å². The molecule has 0 fully saturated rings. The van der Waals surface area contributed by atoms with Crippen LogP contribution in [0.3, 0.4) is 0 Å². The number of carboxylic acids is 2. The third-order valence-electron chi connectivity index (χ3n) is 4.27. The number of hydrogen-bond donors (Lipinski definition) is 2. The van der Waals surface area contributed by atoms with Gasteiger partial charge in [0.05, 0.1) is 12.1 Å². The molecule has 0 radical (unpaired) electrons. The molecule has 1 heterocycles. The molecule has 7 nitrogen and oxygen atoms in total. The molecule has 0 amide bonds. The molecule has 0 atom stereocenters. The zero-order valence-corrected chi connectivity index (χ0v) is 19.3. The highest BCUT2D eigenvalue weighted by molar-refractivity contribution is 7.99. The Morgan fingerprint density at radius 2 is 1.72 bits per heavy atom. The molecule has 0 aliphatic heterocycles. The lowest BCUT2D eigenvalue weighted by molar-refractivity contribution is -0.159. The lowest BCUT2D eigenvalue weighted by atomic mass is 10.1. The van der Waals surface area contributed by atoms with E-state index in [1.807, 2.05) is 23.9 Å². The third kappa shape index (κ3) is 7.86. The largest absolute Gasteiger partial charge is 0.494 e. The van der Waals surface area contributed by atoms with E-state index >= 15 is 0 Å². The maximum Gasteiger partial charge on any atom is 0.414 e. The van der Waals surface area contributed by atoms with Crippen LogP contribution in [0.2, 0.25) is 0 Å². The Hall–Kier alpha value is -3.10. The first-order valence-electron chi connectivity index (χ1n) is 10.2. The topological polar surface area (TPSA) is 100.0 Å². The second-order valence-electron chi connectivity index (χ2n) is 7.17. The Morgan fingerprint density at radius 3 is 2.31 bits per heavy atom. The highest BCUT2D eigenvalue weighted by Crippen LogP contribution is 2.33. The van der Waals surface area contributed by atoms with Gasteiger partial charge in [-0.15, -0.1) is 11.8 Å². The Labute approximate surface area is 192 Å². The van der Waals surface area contributed by atoms with Gasteiger partial charge in [0.1, 0.15) is 10.8 Å². The molecule has 0 saturated carbocycles. The molecule has 0 bridgehead atoms. The van der Waals surface area contributed by atoms with Gasteiger partial charge < -0.3 is 19.8 Å². The van der Waals surface area contributed by atoms with Crippen molar-refractivity contribution < 1.29 is 24.5 Å². The fourth-order valence-corrected chi connectivity index (χ4v) is 3.84. The average Bonchev–Trinajstić information content (AvgIpc) is 2.77. The van der Waals surface area contributed by atoms with Crippen molar-refractivity contribution in [1.29, 1.82) is 0 Å². The molecule has 0 saturated heterocycles. The van der Waals surface area contributed by atoms with E-state index in [1.165, 1.54) is 11.1 Å². The first-order valence-corrected chi connectivity index (χ1v) is 11.2. The summed E-state index contributed by atoms with van der Waals surface area (Å²) in [6.07, 6.45) is 1.00. The number of carbonyl (C=O) groups is 2. The first kappa shape index (κ1) is 25.2. The number of pyridine rings is 1. The normalized spacial score (nSPS) is 10.5. The van der Waals surface area contributed by atoms with Gasteiger partial charge in [-0.1, -0.05) is 37.3 Å². The van der Waals surface area contributed by atoms with Crippen LogP contribution < -0.4 is 4.74 Å². The number of thioether (sulfide) groups is 1. The van der Waals surface area contributed by atoms with Crippen molar-refractivity contribution in [3.63, 3.8) is 0 Å². The molecule has 0 aliphatic rings. The maximum absolute atomic E-state index is 9.10. The van der Waals surface area contributed by atoms with Crippen molar-refractivity contribution in [1.82, 2.24) is 9.88 Å². The number of fused-ring (bicyclic) bond motifs is 1. The molecule has 0 aliphatic carbocycles. The molecular weight excluding hydrogens is 428 g/mol. The predicted molar refractivity (Wildman–Crippen MR) is 128 cm³/mol. The molecule has 32 heavy (non-hydrogen) atoms. The van der Waals surface area contributed by atoms with Gasteiger partial charge in [0.2, 0.25) is 0 Å². The summed E-state index contributed by atoms with van der Waals surface area (Å²) in [7, 11) is 4.20. The van der Waals surface area contributed by atoms with Crippen molar-refractivity contribution >= 4 is 34.6 Å². The van der Waals surface area contributed by atoms with Gasteiger partial charge >= 0.3 is 11.9 Å².